The molecule has 0 saturated heterocycles. The minimum absolute atomic E-state index is 0.126. The second-order valence-corrected chi connectivity index (χ2v) is 6.52. The topological polar surface area (TPSA) is 35.2 Å². The number of hydrogen-bond acceptors (Lipinski definition) is 2. The Kier molecular flexibility index (Phi) is 4.57. The van der Waals surface area contributed by atoms with Crippen LogP contribution in [0.1, 0.15) is 32.8 Å². The summed E-state index contributed by atoms with van der Waals surface area (Å²) in [4.78, 5) is 0. The SMILES string of the molecule is CCC(C)(C)c1ccc(Oc2cc(F)c(Br)cc2N)cc1. The summed E-state index contributed by atoms with van der Waals surface area (Å²) in [5.74, 6) is 0.556. The van der Waals surface area contributed by atoms with Gasteiger partial charge in [-0.3, -0.25) is 0 Å². The summed E-state index contributed by atoms with van der Waals surface area (Å²) in [5.41, 5.74) is 7.60. The molecule has 2 nitrogen and oxygen atoms in total. The van der Waals surface area contributed by atoms with E-state index < -0.39 is 5.82 Å². The summed E-state index contributed by atoms with van der Waals surface area (Å²) in [6.07, 6.45) is 1.05. The van der Waals surface area contributed by atoms with Crippen molar-refractivity contribution >= 4 is 21.6 Å². The molecule has 0 bridgehead atoms. The van der Waals surface area contributed by atoms with Gasteiger partial charge in [-0.25, -0.2) is 4.39 Å². The summed E-state index contributed by atoms with van der Waals surface area (Å²) < 4.78 is 19.5. The van der Waals surface area contributed by atoms with Gasteiger partial charge in [0, 0.05) is 6.07 Å². The molecule has 2 N–H and O–H groups in total. The van der Waals surface area contributed by atoms with Gasteiger partial charge in [0.25, 0.3) is 0 Å². The summed E-state index contributed by atoms with van der Waals surface area (Å²) in [6, 6.07) is 10.6. The van der Waals surface area contributed by atoms with Gasteiger partial charge < -0.3 is 10.5 Å². The van der Waals surface area contributed by atoms with E-state index >= 15 is 0 Å². The highest BCUT2D eigenvalue weighted by atomic mass is 79.9. The lowest BCUT2D eigenvalue weighted by molar-refractivity contribution is 0.475. The molecule has 0 spiro atoms. The largest absolute Gasteiger partial charge is 0.455 e. The van der Waals surface area contributed by atoms with Crippen LogP contribution in [-0.2, 0) is 5.41 Å². The Hall–Kier alpha value is -1.55. The van der Waals surface area contributed by atoms with E-state index in [9.17, 15) is 4.39 Å². The molecule has 0 aromatic heterocycles. The van der Waals surface area contributed by atoms with Crippen molar-refractivity contribution in [3.8, 4) is 11.5 Å². The number of benzene rings is 2. The third kappa shape index (κ3) is 3.56. The van der Waals surface area contributed by atoms with Gasteiger partial charge in [0.05, 0.1) is 10.2 Å². The molecule has 0 fully saturated rings. The van der Waals surface area contributed by atoms with Crippen LogP contribution in [0.15, 0.2) is 40.9 Å². The summed E-state index contributed by atoms with van der Waals surface area (Å²) in [5, 5.41) is 0. The van der Waals surface area contributed by atoms with Crippen LogP contribution in [0.2, 0.25) is 0 Å². The second-order valence-electron chi connectivity index (χ2n) is 5.67. The van der Waals surface area contributed by atoms with Crippen LogP contribution in [0.25, 0.3) is 0 Å². The van der Waals surface area contributed by atoms with Gasteiger partial charge in [-0.1, -0.05) is 32.9 Å². The maximum absolute atomic E-state index is 13.5. The Balaban J connectivity index is 2.23. The molecule has 2 rings (SSSR count). The molecule has 0 aliphatic heterocycles. The molecule has 0 aliphatic rings. The van der Waals surface area contributed by atoms with Gasteiger partial charge >= 0.3 is 0 Å². The average Bonchev–Trinajstić information content (AvgIpc) is 2.45. The van der Waals surface area contributed by atoms with Gasteiger partial charge in [-0.15, -0.1) is 0 Å². The van der Waals surface area contributed by atoms with Crippen molar-refractivity contribution in [3.63, 3.8) is 0 Å². The minimum atomic E-state index is -0.400. The van der Waals surface area contributed by atoms with Crippen LogP contribution < -0.4 is 10.5 Å². The smallest absolute Gasteiger partial charge is 0.153 e. The Bertz CT molecular complexity index is 638. The summed E-state index contributed by atoms with van der Waals surface area (Å²) in [7, 11) is 0. The van der Waals surface area contributed by atoms with Crippen molar-refractivity contribution < 1.29 is 9.13 Å². The lowest BCUT2D eigenvalue weighted by Gasteiger charge is -2.23. The first-order valence-corrected chi connectivity index (χ1v) is 7.65. The van der Waals surface area contributed by atoms with Crippen molar-refractivity contribution in [1.29, 1.82) is 0 Å². The molecular formula is C17H19BrFNO. The molecule has 0 amide bonds. The highest BCUT2D eigenvalue weighted by molar-refractivity contribution is 9.10. The third-order valence-electron chi connectivity index (χ3n) is 3.80. The van der Waals surface area contributed by atoms with Crippen LogP contribution in [0, 0.1) is 5.82 Å². The molecule has 2 aromatic carbocycles. The lowest BCUT2D eigenvalue weighted by Crippen LogP contribution is -2.14. The number of hydrogen-bond donors (Lipinski definition) is 1. The lowest BCUT2D eigenvalue weighted by atomic mass is 9.82. The fourth-order valence-electron chi connectivity index (χ4n) is 1.94. The van der Waals surface area contributed by atoms with Crippen LogP contribution in [0.5, 0.6) is 11.5 Å². The van der Waals surface area contributed by atoms with Crippen molar-refractivity contribution in [2.75, 3.05) is 5.73 Å². The van der Waals surface area contributed by atoms with Gasteiger partial charge in [0.1, 0.15) is 11.6 Å². The Morgan fingerprint density at radius 2 is 1.81 bits per heavy atom. The monoisotopic (exact) mass is 351 g/mol. The van der Waals surface area contributed by atoms with Gasteiger partial charge in [0.15, 0.2) is 5.75 Å². The Morgan fingerprint density at radius 1 is 1.19 bits per heavy atom. The molecule has 4 heteroatoms. The molecule has 21 heavy (non-hydrogen) atoms. The number of anilines is 1. The Morgan fingerprint density at radius 3 is 2.38 bits per heavy atom. The zero-order valence-electron chi connectivity index (χ0n) is 12.4. The van der Waals surface area contributed by atoms with Crippen molar-refractivity contribution in [2.45, 2.75) is 32.6 Å². The van der Waals surface area contributed by atoms with Crippen LogP contribution in [-0.4, -0.2) is 0 Å². The zero-order valence-corrected chi connectivity index (χ0v) is 14.0. The third-order valence-corrected chi connectivity index (χ3v) is 4.41. The second kappa shape index (κ2) is 6.06. The fourth-order valence-corrected chi connectivity index (χ4v) is 2.30. The first kappa shape index (κ1) is 15.8. The molecular weight excluding hydrogens is 333 g/mol. The molecule has 0 heterocycles. The van der Waals surface area contributed by atoms with E-state index in [1.54, 1.807) is 0 Å². The normalized spacial score (nSPS) is 11.5. The van der Waals surface area contributed by atoms with E-state index in [4.69, 9.17) is 10.5 Å². The number of nitrogens with two attached hydrogens (primary N) is 1. The molecule has 0 aliphatic carbocycles. The van der Waals surface area contributed by atoms with E-state index in [1.165, 1.54) is 17.7 Å². The molecule has 0 unspecified atom stereocenters. The van der Waals surface area contributed by atoms with E-state index in [0.29, 0.717) is 21.7 Å². The average molecular weight is 352 g/mol. The first-order valence-electron chi connectivity index (χ1n) is 6.86. The fraction of sp³-hybridized carbons (Fsp3) is 0.294. The number of nitrogen functional groups attached to an aromatic ring is 1. The van der Waals surface area contributed by atoms with Gasteiger partial charge in [0.2, 0.25) is 0 Å². The quantitative estimate of drug-likeness (QED) is 0.722. The highest BCUT2D eigenvalue weighted by Gasteiger charge is 2.17. The molecule has 0 radical (unpaired) electrons. The van der Waals surface area contributed by atoms with E-state index in [1.807, 2.05) is 24.3 Å². The van der Waals surface area contributed by atoms with Crippen molar-refractivity contribution in [3.05, 3.63) is 52.3 Å². The molecule has 112 valence electrons. The molecule has 0 saturated carbocycles. The van der Waals surface area contributed by atoms with Crippen molar-refractivity contribution in [2.24, 2.45) is 0 Å². The van der Waals surface area contributed by atoms with E-state index in [2.05, 4.69) is 36.7 Å². The molecule has 0 atom stereocenters. The predicted molar refractivity (Wildman–Crippen MR) is 88.3 cm³/mol. The zero-order chi connectivity index (χ0) is 15.6. The number of rotatable bonds is 4. The molecule has 2 aromatic rings. The van der Waals surface area contributed by atoms with Crippen LogP contribution in [0.4, 0.5) is 10.1 Å². The predicted octanol–water partition coefficient (Wildman–Crippen LogP) is 5.65. The maximum atomic E-state index is 13.5. The standard InChI is InChI=1S/C17H19BrFNO/c1-4-17(2,3)11-5-7-12(8-6-11)21-16-10-14(19)13(18)9-15(16)20/h5-10H,4,20H2,1-3H3. The highest BCUT2D eigenvalue weighted by Crippen LogP contribution is 2.33. The number of ether oxygens (including phenoxy) is 1. The number of halogens is 2. The summed E-state index contributed by atoms with van der Waals surface area (Å²) in [6.45, 7) is 6.56. The Labute approximate surface area is 133 Å². The van der Waals surface area contributed by atoms with Gasteiger partial charge in [-0.2, -0.15) is 0 Å². The van der Waals surface area contributed by atoms with E-state index in [-0.39, 0.29) is 5.41 Å². The van der Waals surface area contributed by atoms with E-state index in [0.717, 1.165) is 6.42 Å². The maximum Gasteiger partial charge on any atom is 0.153 e. The van der Waals surface area contributed by atoms with Crippen LogP contribution >= 0.6 is 15.9 Å². The first-order chi connectivity index (χ1) is 9.83. The van der Waals surface area contributed by atoms with Crippen molar-refractivity contribution in [1.82, 2.24) is 0 Å². The summed E-state index contributed by atoms with van der Waals surface area (Å²) >= 11 is 3.09. The minimum Gasteiger partial charge on any atom is -0.455 e. The van der Waals surface area contributed by atoms with Gasteiger partial charge in [-0.05, 0) is 51.5 Å². The van der Waals surface area contributed by atoms with Crippen LogP contribution in [0.3, 0.4) is 0 Å².